The smallest absolute Gasteiger partial charge is 0.293 e. The second kappa shape index (κ2) is 8.34. The Morgan fingerprint density at radius 2 is 1.67 bits per heavy atom. The van der Waals surface area contributed by atoms with Crippen LogP contribution in [0.3, 0.4) is 0 Å². The van der Waals surface area contributed by atoms with Crippen molar-refractivity contribution in [3.63, 3.8) is 0 Å². The minimum absolute atomic E-state index is 0.0207. The number of aromatic nitrogens is 3. The van der Waals surface area contributed by atoms with E-state index in [4.69, 9.17) is 4.42 Å². The first kappa shape index (κ1) is 19.6. The molecule has 0 spiro atoms. The van der Waals surface area contributed by atoms with Crippen molar-refractivity contribution >= 4 is 21.7 Å². The molecular weight excluding hydrogens is 404 g/mol. The van der Waals surface area contributed by atoms with Crippen molar-refractivity contribution in [2.75, 3.05) is 5.32 Å². The maximum absolute atomic E-state index is 12.4. The lowest BCUT2D eigenvalue weighted by Gasteiger charge is -2.02. The van der Waals surface area contributed by atoms with Crippen molar-refractivity contribution in [3.8, 4) is 0 Å². The van der Waals surface area contributed by atoms with Crippen LogP contribution in [0.25, 0.3) is 0 Å². The molecule has 2 aromatic heterocycles. The van der Waals surface area contributed by atoms with Gasteiger partial charge in [0.15, 0.2) is 15.6 Å². The average molecular weight is 422 g/mol. The molecule has 2 aromatic carbocycles. The van der Waals surface area contributed by atoms with Crippen LogP contribution in [0.15, 0.2) is 88.4 Å². The van der Waals surface area contributed by atoms with E-state index in [0.29, 0.717) is 6.54 Å². The normalized spacial score (nSPS) is 11.3. The van der Waals surface area contributed by atoms with Gasteiger partial charge in [-0.3, -0.25) is 10.1 Å². The van der Waals surface area contributed by atoms with Gasteiger partial charge in [0, 0.05) is 0 Å². The summed E-state index contributed by atoms with van der Waals surface area (Å²) in [5.74, 6) is -0.616. The zero-order chi connectivity index (χ0) is 21.0. The number of amides is 1. The molecule has 0 saturated carbocycles. The first-order valence-corrected chi connectivity index (χ1v) is 10.8. The molecule has 152 valence electrons. The lowest BCUT2D eigenvalue weighted by atomic mass is 10.2. The Kier molecular flexibility index (Phi) is 5.44. The molecule has 0 aliphatic heterocycles. The molecule has 30 heavy (non-hydrogen) atoms. The molecule has 0 radical (unpaired) electrons. The first-order chi connectivity index (χ1) is 14.5. The summed E-state index contributed by atoms with van der Waals surface area (Å²) in [5.41, 5.74) is 1.05. The number of carbonyl (C=O) groups excluding carboxylic acids is 1. The highest BCUT2D eigenvalue weighted by molar-refractivity contribution is 7.90. The van der Waals surface area contributed by atoms with E-state index in [1.165, 1.54) is 30.6 Å². The van der Waals surface area contributed by atoms with Crippen LogP contribution in [-0.4, -0.2) is 29.1 Å². The molecule has 0 aliphatic carbocycles. The summed E-state index contributed by atoms with van der Waals surface area (Å²) in [7, 11) is -3.56. The quantitative estimate of drug-likeness (QED) is 0.490. The van der Waals surface area contributed by atoms with E-state index in [0.717, 1.165) is 5.56 Å². The molecule has 1 amide bonds. The fourth-order valence-corrected chi connectivity index (χ4v) is 4.11. The number of carbonyl (C=O) groups is 1. The van der Waals surface area contributed by atoms with E-state index in [9.17, 15) is 13.2 Å². The molecule has 9 heteroatoms. The predicted octanol–water partition coefficient (Wildman–Crippen LogP) is 3.15. The summed E-state index contributed by atoms with van der Waals surface area (Å²) in [6, 6.07) is 20.7. The third-order valence-corrected chi connectivity index (χ3v) is 5.92. The molecular formula is C21H18N4O4S. The van der Waals surface area contributed by atoms with E-state index in [1.807, 2.05) is 30.3 Å². The van der Waals surface area contributed by atoms with Gasteiger partial charge >= 0.3 is 0 Å². The Labute approximate surface area is 173 Å². The molecule has 0 atom stereocenters. The van der Waals surface area contributed by atoms with Crippen molar-refractivity contribution in [3.05, 3.63) is 96.2 Å². The van der Waals surface area contributed by atoms with Crippen LogP contribution in [0.2, 0.25) is 0 Å². The minimum atomic E-state index is -3.56. The largest absolute Gasteiger partial charge is 0.455 e. The van der Waals surface area contributed by atoms with E-state index in [-0.39, 0.29) is 28.1 Å². The van der Waals surface area contributed by atoms with Crippen molar-refractivity contribution in [2.45, 2.75) is 17.2 Å². The monoisotopic (exact) mass is 422 g/mol. The highest BCUT2D eigenvalue weighted by atomic mass is 32.2. The Morgan fingerprint density at radius 3 is 2.40 bits per heavy atom. The molecule has 1 N–H and O–H groups in total. The molecule has 0 fully saturated rings. The fraction of sp³-hybridized carbons (Fsp3) is 0.0952. The first-order valence-electron chi connectivity index (χ1n) is 9.11. The molecule has 0 aliphatic rings. The van der Waals surface area contributed by atoms with E-state index in [2.05, 4.69) is 15.4 Å². The number of nitrogens with one attached hydrogen (secondary N) is 1. The number of hydrogen-bond donors (Lipinski definition) is 1. The number of rotatable bonds is 7. The van der Waals surface area contributed by atoms with Gasteiger partial charge < -0.3 is 4.42 Å². The van der Waals surface area contributed by atoms with Gasteiger partial charge in [-0.15, -0.1) is 5.10 Å². The van der Waals surface area contributed by atoms with E-state index >= 15 is 0 Å². The number of nitrogens with zero attached hydrogens (tertiary/aromatic N) is 3. The zero-order valence-corrected chi connectivity index (χ0v) is 16.6. The highest BCUT2D eigenvalue weighted by Gasteiger charge is 2.19. The Bertz CT molecular complexity index is 1250. The molecule has 8 nitrogen and oxygen atoms in total. The standard InChI is InChI=1S/C21H18N4O4S/c26-20(23-21-22-15-25(24-21)13-16-7-3-1-4-8-16)19-12-11-17(29-19)14-30(27,28)18-9-5-2-6-10-18/h1-12,15H,13-14H2,(H,23,24,26). The van der Waals surface area contributed by atoms with Crippen LogP contribution in [0, 0.1) is 0 Å². The molecule has 2 heterocycles. The SMILES string of the molecule is O=C(Nc1ncn(Cc2ccccc2)n1)c1ccc(CS(=O)(=O)c2ccccc2)o1. The van der Waals surface area contributed by atoms with Gasteiger partial charge in [0.25, 0.3) is 5.91 Å². The van der Waals surface area contributed by atoms with Crippen LogP contribution in [0.5, 0.6) is 0 Å². The zero-order valence-electron chi connectivity index (χ0n) is 15.8. The van der Waals surface area contributed by atoms with Crippen molar-refractivity contribution in [1.82, 2.24) is 14.8 Å². The Balaban J connectivity index is 1.40. The number of anilines is 1. The molecule has 0 bridgehead atoms. The Morgan fingerprint density at radius 1 is 0.967 bits per heavy atom. The topological polar surface area (TPSA) is 107 Å². The van der Waals surface area contributed by atoms with Gasteiger partial charge in [-0.2, -0.15) is 0 Å². The van der Waals surface area contributed by atoms with Gasteiger partial charge in [0.2, 0.25) is 5.95 Å². The summed E-state index contributed by atoms with van der Waals surface area (Å²) in [6.45, 7) is 0.520. The second-order valence-corrected chi connectivity index (χ2v) is 8.53. The average Bonchev–Trinajstić information content (AvgIpc) is 3.39. The van der Waals surface area contributed by atoms with Crippen molar-refractivity contribution in [2.24, 2.45) is 0 Å². The van der Waals surface area contributed by atoms with Crippen LogP contribution < -0.4 is 5.32 Å². The van der Waals surface area contributed by atoms with Crippen LogP contribution >= 0.6 is 0 Å². The summed E-state index contributed by atoms with van der Waals surface area (Å²) in [5, 5.41) is 6.76. The van der Waals surface area contributed by atoms with Gasteiger partial charge in [-0.1, -0.05) is 48.5 Å². The summed E-state index contributed by atoms with van der Waals surface area (Å²) in [4.78, 5) is 16.6. The Hall–Kier alpha value is -3.72. The van der Waals surface area contributed by atoms with E-state index in [1.54, 1.807) is 22.9 Å². The maximum Gasteiger partial charge on any atom is 0.293 e. The summed E-state index contributed by atoms with van der Waals surface area (Å²) < 4.78 is 31.9. The van der Waals surface area contributed by atoms with Gasteiger partial charge in [0.05, 0.1) is 11.4 Å². The van der Waals surface area contributed by atoms with Crippen LogP contribution in [0.1, 0.15) is 21.9 Å². The predicted molar refractivity (Wildman–Crippen MR) is 110 cm³/mol. The summed E-state index contributed by atoms with van der Waals surface area (Å²) in [6.07, 6.45) is 1.52. The number of benzene rings is 2. The minimum Gasteiger partial charge on any atom is -0.455 e. The number of furan rings is 1. The molecule has 4 aromatic rings. The maximum atomic E-state index is 12.4. The van der Waals surface area contributed by atoms with E-state index < -0.39 is 15.7 Å². The lowest BCUT2D eigenvalue weighted by molar-refractivity contribution is 0.0994. The molecule has 4 rings (SSSR count). The summed E-state index contributed by atoms with van der Waals surface area (Å²) >= 11 is 0. The third-order valence-electron chi connectivity index (χ3n) is 4.27. The van der Waals surface area contributed by atoms with Crippen molar-refractivity contribution in [1.29, 1.82) is 0 Å². The third kappa shape index (κ3) is 4.64. The molecule has 0 unspecified atom stereocenters. The highest BCUT2D eigenvalue weighted by Crippen LogP contribution is 2.18. The van der Waals surface area contributed by atoms with Crippen LogP contribution in [0.4, 0.5) is 5.95 Å². The second-order valence-electron chi connectivity index (χ2n) is 6.54. The fourth-order valence-electron chi connectivity index (χ4n) is 2.84. The van der Waals surface area contributed by atoms with Gasteiger partial charge in [-0.25, -0.2) is 18.1 Å². The number of sulfone groups is 1. The molecule has 0 saturated heterocycles. The van der Waals surface area contributed by atoms with Gasteiger partial charge in [-0.05, 0) is 29.8 Å². The van der Waals surface area contributed by atoms with Crippen molar-refractivity contribution < 1.29 is 17.6 Å². The lowest BCUT2D eigenvalue weighted by Crippen LogP contribution is -2.12. The van der Waals surface area contributed by atoms with Gasteiger partial charge in [0.1, 0.15) is 17.8 Å². The van der Waals surface area contributed by atoms with Crippen LogP contribution in [-0.2, 0) is 22.1 Å². The number of hydrogen-bond acceptors (Lipinski definition) is 6.